The summed E-state index contributed by atoms with van der Waals surface area (Å²) in [6.07, 6.45) is 1.41. The van der Waals surface area contributed by atoms with E-state index < -0.39 is 0 Å². The van der Waals surface area contributed by atoms with Gasteiger partial charge in [0.25, 0.3) is 5.91 Å². The summed E-state index contributed by atoms with van der Waals surface area (Å²) in [5, 5.41) is 2.76. The van der Waals surface area contributed by atoms with Crippen molar-refractivity contribution in [2.24, 2.45) is 0 Å². The van der Waals surface area contributed by atoms with Crippen molar-refractivity contribution in [3.8, 4) is 0 Å². The zero-order valence-electron chi connectivity index (χ0n) is 9.05. The average molecular weight is 251 g/mol. The van der Waals surface area contributed by atoms with Gasteiger partial charge < -0.3 is 5.32 Å². The first-order chi connectivity index (χ1) is 8.16. The van der Waals surface area contributed by atoms with E-state index in [1.165, 1.54) is 18.3 Å². The molecule has 0 saturated heterocycles. The fraction of sp³-hybridized carbons (Fsp3) is 0.182. The van der Waals surface area contributed by atoms with E-state index in [9.17, 15) is 9.18 Å². The number of aromatic nitrogens is 2. The quantitative estimate of drug-likeness (QED) is 0.909. The average Bonchev–Trinajstić information content (AvgIpc) is 2.83. The van der Waals surface area contributed by atoms with E-state index in [4.69, 9.17) is 0 Å². The molecule has 2 rings (SSSR count). The van der Waals surface area contributed by atoms with Gasteiger partial charge >= 0.3 is 0 Å². The van der Waals surface area contributed by atoms with Crippen molar-refractivity contribution >= 4 is 17.6 Å². The Labute approximate surface area is 102 Å². The fourth-order valence-electron chi connectivity index (χ4n) is 1.37. The Morgan fingerprint density at radius 3 is 2.71 bits per heavy atom. The van der Waals surface area contributed by atoms with Crippen LogP contribution in [0.4, 0.5) is 4.39 Å². The number of amides is 1. The molecule has 0 aliphatic rings. The molecule has 1 atom stereocenters. The lowest BCUT2D eigenvalue weighted by Gasteiger charge is -2.13. The largest absolute Gasteiger partial charge is 0.344 e. The Morgan fingerprint density at radius 1 is 1.41 bits per heavy atom. The first-order valence-corrected chi connectivity index (χ1v) is 5.74. The Hall–Kier alpha value is -1.82. The van der Waals surface area contributed by atoms with Gasteiger partial charge in [0.2, 0.25) is 0 Å². The molecule has 0 radical (unpaired) electrons. The van der Waals surface area contributed by atoms with E-state index in [2.05, 4.69) is 14.1 Å². The van der Waals surface area contributed by atoms with Crippen LogP contribution in [0.3, 0.4) is 0 Å². The van der Waals surface area contributed by atoms with Crippen molar-refractivity contribution in [3.63, 3.8) is 0 Å². The highest BCUT2D eigenvalue weighted by Crippen LogP contribution is 2.13. The Morgan fingerprint density at radius 2 is 2.12 bits per heavy atom. The second-order valence-corrected chi connectivity index (χ2v) is 4.10. The number of carbonyl (C=O) groups excluding carboxylic acids is 1. The van der Waals surface area contributed by atoms with E-state index >= 15 is 0 Å². The van der Waals surface area contributed by atoms with E-state index in [-0.39, 0.29) is 17.8 Å². The van der Waals surface area contributed by atoms with Crippen molar-refractivity contribution < 1.29 is 9.18 Å². The molecule has 1 aromatic heterocycles. The lowest BCUT2D eigenvalue weighted by molar-refractivity contribution is 0.0936. The van der Waals surface area contributed by atoms with Crippen LogP contribution >= 0.6 is 11.7 Å². The summed E-state index contributed by atoms with van der Waals surface area (Å²) in [6.45, 7) is 1.82. The minimum absolute atomic E-state index is 0.204. The summed E-state index contributed by atoms with van der Waals surface area (Å²) in [6, 6.07) is 5.80. The first-order valence-electron chi connectivity index (χ1n) is 5.00. The maximum atomic E-state index is 12.7. The molecular weight excluding hydrogens is 241 g/mol. The van der Waals surface area contributed by atoms with E-state index in [0.717, 1.165) is 17.3 Å². The molecule has 2 aromatic rings. The number of hydrogen-bond donors (Lipinski definition) is 1. The molecule has 0 spiro atoms. The number of nitrogens with zero attached hydrogens (tertiary/aromatic N) is 2. The highest BCUT2D eigenvalue weighted by molar-refractivity contribution is 6.99. The third kappa shape index (κ3) is 2.85. The van der Waals surface area contributed by atoms with Gasteiger partial charge in [0.15, 0.2) is 5.69 Å². The molecule has 88 valence electrons. The van der Waals surface area contributed by atoms with E-state index in [1.807, 2.05) is 6.92 Å². The van der Waals surface area contributed by atoms with Crippen LogP contribution in [0.1, 0.15) is 29.0 Å². The normalized spacial score (nSPS) is 12.1. The maximum absolute atomic E-state index is 12.7. The molecule has 0 aliphatic heterocycles. The SMILES string of the molecule is CC(NC(=O)c1cnsn1)c1ccc(F)cc1. The smallest absolute Gasteiger partial charge is 0.273 e. The van der Waals surface area contributed by atoms with Crippen molar-refractivity contribution in [1.82, 2.24) is 14.1 Å². The molecular formula is C11H10FN3OS. The summed E-state index contributed by atoms with van der Waals surface area (Å²) in [5.41, 5.74) is 1.13. The molecule has 1 unspecified atom stereocenters. The first kappa shape index (κ1) is 11.7. The third-order valence-corrected chi connectivity index (χ3v) is 2.79. The van der Waals surface area contributed by atoms with Crippen LogP contribution < -0.4 is 5.32 Å². The van der Waals surface area contributed by atoms with Gasteiger partial charge in [-0.25, -0.2) is 4.39 Å². The molecule has 0 fully saturated rings. The molecule has 17 heavy (non-hydrogen) atoms. The molecule has 0 saturated carbocycles. The predicted molar refractivity (Wildman–Crippen MR) is 62.2 cm³/mol. The van der Waals surface area contributed by atoms with Crippen LogP contribution in [-0.2, 0) is 0 Å². The fourth-order valence-corrected chi connectivity index (χ4v) is 1.78. The lowest BCUT2D eigenvalue weighted by atomic mass is 10.1. The standard InChI is InChI=1S/C11H10FN3OS/c1-7(8-2-4-9(12)5-3-8)14-11(16)10-6-13-17-15-10/h2-7H,1H3,(H,14,16). The van der Waals surface area contributed by atoms with Crippen LogP contribution in [0.15, 0.2) is 30.5 Å². The van der Waals surface area contributed by atoms with Crippen LogP contribution in [0.25, 0.3) is 0 Å². The summed E-state index contributed by atoms with van der Waals surface area (Å²) >= 11 is 0.982. The van der Waals surface area contributed by atoms with Gasteiger partial charge in [-0.1, -0.05) is 12.1 Å². The van der Waals surface area contributed by atoms with Crippen LogP contribution in [0.2, 0.25) is 0 Å². The number of halogens is 1. The van der Waals surface area contributed by atoms with Gasteiger partial charge in [-0.3, -0.25) is 4.79 Å². The van der Waals surface area contributed by atoms with Gasteiger partial charge in [-0.05, 0) is 24.6 Å². The van der Waals surface area contributed by atoms with Crippen molar-refractivity contribution in [3.05, 3.63) is 47.5 Å². The van der Waals surface area contributed by atoms with Gasteiger partial charge in [0.05, 0.1) is 24.0 Å². The molecule has 1 heterocycles. The van der Waals surface area contributed by atoms with Crippen LogP contribution in [-0.4, -0.2) is 14.7 Å². The lowest BCUT2D eigenvalue weighted by Crippen LogP contribution is -2.26. The summed E-state index contributed by atoms with van der Waals surface area (Å²) in [5.74, 6) is -0.577. The maximum Gasteiger partial charge on any atom is 0.273 e. The minimum Gasteiger partial charge on any atom is -0.344 e. The minimum atomic E-state index is -0.295. The Bertz CT molecular complexity index is 498. The number of hydrogen-bond acceptors (Lipinski definition) is 4. The highest BCUT2D eigenvalue weighted by atomic mass is 32.1. The molecule has 6 heteroatoms. The Kier molecular flexibility index (Phi) is 3.43. The van der Waals surface area contributed by atoms with Gasteiger partial charge in [-0.15, -0.1) is 0 Å². The zero-order chi connectivity index (χ0) is 12.3. The van der Waals surface area contributed by atoms with Crippen molar-refractivity contribution in [1.29, 1.82) is 0 Å². The summed E-state index contributed by atoms with van der Waals surface area (Å²) < 4.78 is 20.3. The molecule has 1 amide bonds. The van der Waals surface area contributed by atoms with Crippen LogP contribution in [0.5, 0.6) is 0 Å². The number of carbonyl (C=O) groups is 1. The monoisotopic (exact) mass is 251 g/mol. The topological polar surface area (TPSA) is 54.9 Å². The Balaban J connectivity index is 2.04. The van der Waals surface area contributed by atoms with E-state index in [1.54, 1.807) is 12.1 Å². The van der Waals surface area contributed by atoms with Gasteiger partial charge in [-0.2, -0.15) is 8.75 Å². The zero-order valence-corrected chi connectivity index (χ0v) is 9.87. The van der Waals surface area contributed by atoms with Crippen molar-refractivity contribution in [2.75, 3.05) is 0 Å². The number of benzene rings is 1. The molecule has 0 bridgehead atoms. The predicted octanol–water partition coefficient (Wildman–Crippen LogP) is 2.17. The van der Waals surface area contributed by atoms with Gasteiger partial charge in [0.1, 0.15) is 5.82 Å². The molecule has 1 N–H and O–H groups in total. The third-order valence-electron chi connectivity index (χ3n) is 2.31. The second-order valence-electron chi connectivity index (χ2n) is 3.54. The van der Waals surface area contributed by atoms with Crippen LogP contribution in [0, 0.1) is 5.82 Å². The molecule has 1 aromatic carbocycles. The number of rotatable bonds is 3. The highest BCUT2D eigenvalue weighted by Gasteiger charge is 2.13. The number of nitrogens with one attached hydrogen (secondary N) is 1. The molecule has 4 nitrogen and oxygen atoms in total. The van der Waals surface area contributed by atoms with Crippen molar-refractivity contribution in [2.45, 2.75) is 13.0 Å². The van der Waals surface area contributed by atoms with Gasteiger partial charge in [0, 0.05) is 0 Å². The summed E-state index contributed by atoms with van der Waals surface area (Å²) in [7, 11) is 0. The second kappa shape index (κ2) is 5.01. The van der Waals surface area contributed by atoms with E-state index in [0.29, 0.717) is 5.69 Å². The summed E-state index contributed by atoms with van der Waals surface area (Å²) in [4.78, 5) is 11.7. The molecule has 0 aliphatic carbocycles.